The maximum atomic E-state index is 12.5. The first-order valence-electron chi connectivity index (χ1n) is 7.48. The van der Waals surface area contributed by atoms with Gasteiger partial charge in [-0.25, -0.2) is 0 Å². The van der Waals surface area contributed by atoms with Crippen LogP contribution < -0.4 is 9.47 Å². The quantitative estimate of drug-likeness (QED) is 0.626. The zero-order chi connectivity index (χ0) is 16.9. The minimum absolute atomic E-state index is 0.0529. The molecule has 0 bridgehead atoms. The third kappa shape index (κ3) is 3.48. The van der Waals surface area contributed by atoms with Crippen molar-refractivity contribution in [2.45, 2.75) is 6.54 Å². The van der Waals surface area contributed by atoms with Crippen molar-refractivity contribution in [2.24, 2.45) is 5.16 Å². The molecule has 1 heterocycles. The van der Waals surface area contributed by atoms with Crippen molar-refractivity contribution in [1.29, 1.82) is 0 Å². The molecule has 0 radical (unpaired) electrons. The van der Waals surface area contributed by atoms with E-state index in [9.17, 15) is 4.79 Å². The van der Waals surface area contributed by atoms with Gasteiger partial charge in [0.25, 0.3) is 5.91 Å². The van der Waals surface area contributed by atoms with Crippen LogP contribution in [0.2, 0.25) is 0 Å². The number of rotatable bonds is 5. The lowest BCUT2D eigenvalue weighted by Gasteiger charge is -2.17. The number of benzene rings is 2. The molecule has 1 aliphatic rings. The Morgan fingerprint density at radius 3 is 2.71 bits per heavy atom. The number of oxime groups is 1. The monoisotopic (exact) mass is 326 g/mol. The molecule has 0 saturated heterocycles. The summed E-state index contributed by atoms with van der Waals surface area (Å²) < 4.78 is 10.7. The van der Waals surface area contributed by atoms with Crippen LogP contribution in [0.25, 0.3) is 0 Å². The largest absolute Gasteiger partial charge is 0.454 e. The van der Waals surface area contributed by atoms with Gasteiger partial charge >= 0.3 is 0 Å². The molecule has 6 heteroatoms. The lowest BCUT2D eigenvalue weighted by molar-refractivity contribution is 0.0785. The Kier molecular flexibility index (Phi) is 4.65. The van der Waals surface area contributed by atoms with Crippen molar-refractivity contribution in [2.75, 3.05) is 21.0 Å². The fourth-order valence-corrected chi connectivity index (χ4v) is 2.43. The fourth-order valence-electron chi connectivity index (χ4n) is 2.43. The molecule has 0 aromatic heterocycles. The number of amides is 1. The van der Waals surface area contributed by atoms with E-state index in [1.807, 2.05) is 30.3 Å². The number of nitrogens with zero attached hydrogens (tertiary/aromatic N) is 2. The second-order valence-electron chi connectivity index (χ2n) is 5.39. The van der Waals surface area contributed by atoms with E-state index in [1.54, 1.807) is 30.3 Å². The van der Waals surface area contributed by atoms with Gasteiger partial charge in [0, 0.05) is 19.2 Å². The van der Waals surface area contributed by atoms with E-state index in [-0.39, 0.29) is 12.7 Å². The number of hydrogen-bond acceptors (Lipinski definition) is 5. The summed E-state index contributed by atoms with van der Waals surface area (Å²) in [7, 11) is 3.26. The van der Waals surface area contributed by atoms with E-state index < -0.39 is 0 Å². The number of carbonyl (C=O) groups excluding carboxylic acids is 1. The molecule has 0 fully saturated rings. The van der Waals surface area contributed by atoms with Crippen molar-refractivity contribution >= 4 is 12.1 Å². The minimum atomic E-state index is -0.0529. The van der Waals surface area contributed by atoms with Gasteiger partial charge in [0.15, 0.2) is 11.5 Å². The molecule has 3 rings (SSSR count). The summed E-state index contributed by atoms with van der Waals surface area (Å²) in [6, 6.07) is 12.9. The normalized spacial score (nSPS) is 12.4. The van der Waals surface area contributed by atoms with Crippen LogP contribution in [0.15, 0.2) is 47.6 Å². The minimum Gasteiger partial charge on any atom is -0.454 e. The summed E-state index contributed by atoms with van der Waals surface area (Å²) in [6.07, 6.45) is 1.59. The zero-order valence-electron chi connectivity index (χ0n) is 13.6. The van der Waals surface area contributed by atoms with E-state index >= 15 is 0 Å². The van der Waals surface area contributed by atoms with Gasteiger partial charge < -0.3 is 19.2 Å². The Morgan fingerprint density at radius 2 is 1.96 bits per heavy atom. The van der Waals surface area contributed by atoms with Crippen LogP contribution in [-0.2, 0) is 11.4 Å². The Bertz CT molecular complexity index is 756. The summed E-state index contributed by atoms with van der Waals surface area (Å²) in [5.74, 6) is 1.40. The molecular formula is C18H18N2O4. The molecule has 0 spiro atoms. The molecule has 1 aliphatic heterocycles. The van der Waals surface area contributed by atoms with Crippen molar-refractivity contribution in [3.8, 4) is 11.5 Å². The molecule has 2 aromatic rings. The second kappa shape index (κ2) is 7.04. The van der Waals surface area contributed by atoms with Gasteiger partial charge in [-0.15, -0.1) is 0 Å². The van der Waals surface area contributed by atoms with Gasteiger partial charge in [-0.2, -0.15) is 0 Å². The average Bonchev–Trinajstić information content (AvgIpc) is 3.07. The maximum absolute atomic E-state index is 12.5. The topological polar surface area (TPSA) is 60.4 Å². The molecule has 0 unspecified atom stereocenters. The van der Waals surface area contributed by atoms with Crippen LogP contribution in [0.3, 0.4) is 0 Å². The second-order valence-corrected chi connectivity index (χ2v) is 5.39. The highest BCUT2D eigenvalue weighted by Gasteiger charge is 2.16. The standard InChI is InChI=1S/C18H18N2O4/c1-20(11-14-5-8-16-17(9-14)24-12-23-16)18(21)15-6-3-13(4-7-15)10-19-22-2/h3-10H,11-12H2,1-2H3/b19-10+. The summed E-state index contributed by atoms with van der Waals surface area (Å²) in [4.78, 5) is 18.8. The number of fused-ring (bicyclic) bond motifs is 1. The van der Waals surface area contributed by atoms with Gasteiger partial charge in [-0.1, -0.05) is 23.4 Å². The Hall–Kier alpha value is -3.02. The highest BCUT2D eigenvalue weighted by molar-refractivity contribution is 5.94. The first-order chi connectivity index (χ1) is 11.7. The predicted molar refractivity (Wildman–Crippen MR) is 89.4 cm³/mol. The van der Waals surface area contributed by atoms with Crippen LogP contribution >= 0.6 is 0 Å². The van der Waals surface area contributed by atoms with Gasteiger partial charge in [-0.3, -0.25) is 4.79 Å². The Labute approximate surface area is 140 Å². The predicted octanol–water partition coefficient (Wildman–Crippen LogP) is 2.67. The number of carbonyl (C=O) groups is 1. The fraction of sp³-hybridized carbons (Fsp3) is 0.222. The van der Waals surface area contributed by atoms with Crippen LogP contribution in [0.5, 0.6) is 11.5 Å². The third-order valence-corrected chi connectivity index (χ3v) is 3.67. The smallest absolute Gasteiger partial charge is 0.253 e. The van der Waals surface area contributed by atoms with Crippen molar-refractivity contribution in [3.63, 3.8) is 0 Å². The number of ether oxygens (including phenoxy) is 2. The van der Waals surface area contributed by atoms with E-state index in [0.29, 0.717) is 12.1 Å². The summed E-state index contributed by atoms with van der Waals surface area (Å²) >= 11 is 0. The highest BCUT2D eigenvalue weighted by Crippen LogP contribution is 2.32. The van der Waals surface area contributed by atoms with Gasteiger partial charge in [-0.05, 0) is 35.4 Å². The number of hydrogen-bond donors (Lipinski definition) is 0. The molecule has 0 aliphatic carbocycles. The zero-order valence-corrected chi connectivity index (χ0v) is 13.6. The van der Waals surface area contributed by atoms with Crippen molar-refractivity contribution in [3.05, 3.63) is 59.2 Å². The van der Waals surface area contributed by atoms with E-state index in [0.717, 1.165) is 22.6 Å². The maximum Gasteiger partial charge on any atom is 0.253 e. The lowest BCUT2D eigenvalue weighted by atomic mass is 10.1. The summed E-state index contributed by atoms with van der Waals surface area (Å²) in [5, 5.41) is 3.69. The van der Waals surface area contributed by atoms with Crippen LogP contribution in [0, 0.1) is 0 Å². The lowest BCUT2D eigenvalue weighted by Crippen LogP contribution is -2.26. The van der Waals surface area contributed by atoms with Crippen molar-refractivity contribution in [1.82, 2.24) is 4.90 Å². The van der Waals surface area contributed by atoms with Crippen LogP contribution in [-0.4, -0.2) is 38.0 Å². The molecule has 24 heavy (non-hydrogen) atoms. The average molecular weight is 326 g/mol. The molecule has 0 N–H and O–H groups in total. The SMILES string of the molecule is CO/N=C/c1ccc(C(=O)N(C)Cc2ccc3c(c2)OCO3)cc1. The third-order valence-electron chi connectivity index (χ3n) is 3.67. The first kappa shape index (κ1) is 15.9. The van der Waals surface area contributed by atoms with E-state index in [4.69, 9.17) is 9.47 Å². The molecule has 0 atom stereocenters. The Balaban J connectivity index is 1.67. The molecule has 6 nitrogen and oxygen atoms in total. The summed E-state index contributed by atoms with van der Waals surface area (Å²) in [6.45, 7) is 0.731. The van der Waals surface area contributed by atoms with Gasteiger partial charge in [0.2, 0.25) is 6.79 Å². The molecule has 1 amide bonds. The van der Waals surface area contributed by atoms with Crippen molar-refractivity contribution < 1.29 is 19.1 Å². The molecule has 2 aromatic carbocycles. The van der Waals surface area contributed by atoms with Gasteiger partial charge in [0.05, 0.1) is 6.21 Å². The first-order valence-corrected chi connectivity index (χ1v) is 7.48. The summed E-state index contributed by atoms with van der Waals surface area (Å²) in [5.41, 5.74) is 2.47. The van der Waals surface area contributed by atoms with E-state index in [1.165, 1.54) is 7.11 Å². The van der Waals surface area contributed by atoms with Crippen LogP contribution in [0.1, 0.15) is 21.5 Å². The molecule has 124 valence electrons. The highest BCUT2D eigenvalue weighted by atomic mass is 16.7. The molecular weight excluding hydrogens is 308 g/mol. The van der Waals surface area contributed by atoms with Crippen LogP contribution in [0.4, 0.5) is 0 Å². The molecule has 0 saturated carbocycles. The Morgan fingerprint density at radius 1 is 1.21 bits per heavy atom. The van der Waals surface area contributed by atoms with E-state index in [2.05, 4.69) is 9.99 Å². The van der Waals surface area contributed by atoms with Gasteiger partial charge in [0.1, 0.15) is 7.11 Å².